The minimum Gasteiger partial charge on any atom is -0.339 e. The molecule has 2 aliphatic heterocycles. The van der Waals surface area contributed by atoms with E-state index in [1.165, 1.54) is 18.4 Å². The van der Waals surface area contributed by atoms with Gasteiger partial charge in [0.25, 0.3) is 5.91 Å². The van der Waals surface area contributed by atoms with Crippen LogP contribution in [0.15, 0.2) is 28.8 Å². The second-order valence-electron chi connectivity index (χ2n) is 7.84. The lowest BCUT2D eigenvalue weighted by Gasteiger charge is -2.31. The van der Waals surface area contributed by atoms with Crippen LogP contribution in [-0.4, -0.2) is 47.1 Å². The van der Waals surface area contributed by atoms with E-state index in [4.69, 9.17) is 4.52 Å². The van der Waals surface area contributed by atoms with E-state index in [9.17, 15) is 4.79 Å². The molecule has 4 rings (SSSR count). The van der Waals surface area contributed by atoms with Gasteiger partial charge in [0.1, 0.15) is 0 Å². The fraction of sp³-hybridized carbons (Fsp3) is 0.571. The third kappa shape index (κ3) is 4.38. The molecule has 0 aliphatic carbocycles. The van der Waals surface area contributed by atoms with Crippen LogP contribution in [0.5, 0.6) is 0 Å². The zero-order valence-electron chi connectivity index (χ0n) is 16.0. The van der Waals surface area contributed by atoms with E-state index in [-0.39, 0.29) is 5.91 Å². The van der Waals surface area contributed by atoms with E-state index in [0.717, 1.165) is 51.0 Å². The van der Waals surface area contributed by atoms with Crippen LogP contribution in [0.3, 0.4) is 0 Å². The summed E-state index contributed by atoms with van der Waals surface area (Å²) < 4.78 is 5.23. The molecule has 1 unspecified atom stereocenters. The predicted molar refractivity (Wildman–Crippen MR) is 103 cm³/mol. The standard InChI is InChI=1S/C21H28N4O2/c1-15-23-20(27-24-15)13-16-8-11-25(12-9-16)21(26)18-6-4-17(5-7-18)19-3-2-10-22-14-19/h4-7,16,19,22H,2-3,8-14H2,1H3. The van der Waals surface area contributed by atoms with E-state index in [1.807, 2.05) is 24.0 Å². The number of aryl methyl sites for hydroxylation is 1. The van der Waals surface area contributed by atoms with Crippen molar-refractivity contribution in [2.24, 2.45) is 5.92 Å². The van der Waals surface area contributed by atoms with Crippen molar-refractivity contribution in [2.45, 2.75) is 44.9 Å². The molecule has 144 valence electrons. The van der Waals surface area contributed by atoms with Crippen LogP contribution in [0, 0.1) is 12.8 Å². The maximum absolute atomic E-state index is 12.8. The Kier molecular flexibility index (Phi) is 5.53. The summed E-state index contributed by atoms with van der Waals surface area (Å²) in [5.41, 5.74) is 2.14. The number of amides is 1. The number of aromatic nitrogens is 2. The highest BCUT2D eigenvalue weighted by atomic mass is 16.5. The quantitative estimate of drug-likeness (QED) is 0.898. The highest BCUT2D eigenvalue weighted by Gasteiger charge is 2.25. The first-order valence-electron chi connectivity index (χ1n) is 10.1. The number of carbonyl (C=O) groups is 1. The number of likely N-dealkylation sites (tertiary alicyclic amines) is 1. The highest BCUT2D eigenvalue weighted by Crippen LogP contribution is 2.25. The largest absolute Gasteiger partial charge is 0.339 e. The molecule has 1 N–H and O–H groups in total. The van der Waals surface area contributed by atoms with E-state index in [1.54, 1.807) is 0 Å². The molecule has 27 heavy (non-hydrogen) atoms. The maximum atomic E-state index is 12.8. The molecule has 2 aromatic rings. The van der Waals surface area contributed by atoms with Gasteiger partial charge in [0.2, 0.25) is 5.89 Å². The van der Waals surface area contributed by atoms with Crippen molar-refractivity contribution < 1.29 is 9.32 Å². The first-order valence-corrected chi connectivity index (χ1v) is 10.1. The van der Waals surface area contributed by atoms with Crippen LogP contribution in [0.25, 0.3) is 0 Å². The fourth-order valence-corrected chi connectivity index (χ4v) is 4.23. The summed E-state index contributed by atoms with van der Waals surface area (Å²) in [5, 5.41) is 7.31. The van der Waals surface area contributed by atoms with Crippen molar-refractivity contribution >= 4 is 5.91 Å². The molecule has 2 fully saturated rings. The number of rotatable bonds is 4. The van der Waals surface area contributed by atoms with Crippen molar-refractivity contribution in [3.05, 3.63) is 47.1 Å². The van der Waals surface area contributed by atoms with Gasteiger partial charge in [-0.15, -0.1) is 0 Å². The molecular weight excluding hydrogens is 340 g/mol. The molecule has 2 saturated heterocycles. The predicted octanol–water partition coefficient (Wildman–Crippen LogP) is 2.94. The van der Waals surface area contributed by atoms with Gasteiger partial charge >= 0.3 is 0 Å². The lowest BCUT2D eigenvalue weighted by atomic mass is 9.90. The lowest BCUT2D eigenvalue weighted by Crippen LogP contribution is -2.39. The van der Waals surface area contributed by atoms with Gasteiger partial charge in [-0.3, -0.25) is 4.79 Å². The molecule has 1 aromatic carbocycles. The Bertz CT molecular complexity index is 757. The Morgan fingerprint density at radius 3 is 2.63 bits per heavy atom. The first-order chi connectivity index (χ1) is 13.2. The van der Waals surface area contributed by atoms with Crippen molar-refractivity contribution in [3.63, 3.8) is 0 Å². The van der Waals surface area contributed by atoms with Crippen LogP contribution in [0.4, 0.5) is 0 Å². The van der Waals surface area contributed by atoms with Gasteiger partial charge in [0.15, 0.2) is 5.82 Å². The number of nitrogens with zero attached hydrogens (tertiary/aromatic N) is 3. The number of nitrogens with one attached hydrogen (secondary N) is 1. The van der Waals surface area contributed by atoms with Crippen LogP contribution >= 0.6 is 0 Å². The molecule has 6 nitrogen and oxygen atoms in total. The minimum absolute atomic E-state index is 0.149. The average Bonchev–Trinajstić information content (AvgIpc) is 3.13. The summed E-state index contributed by atoms with van der Waals surface area (Å²) in [5.74, 6) is 2.63. The van der Waals surface area contributed by atoms with E-state index in [0.29, 0.717) is 23.6 Å². The van der Waals surface area contributed by atoms with Gasteiger partial charge in [-0.2, -0.15) is 4.98 Å². The van der Waals surface area contributed by atoms with Gasteiger partial charge in [-0.05, 0) is 68.7 Å². The fourth-order valence-electron chi connectivity index (χ4n) is 4.23. The summed E-state index contributed by atoms with van der Waals surface area (Å²) in [6, 6.07) is 8.27. The highest BCUT2D eigenvalue weighted by molar-refractivity contribution is 5.94. The second kappa shape index (κ2) is 8.21. The molecule has 0 saturated carbocycles. The third-order valence-corrected chi connectivity index (χ3v) is 5.86. The molecule has 0 bridgehead atoms. The molecule has 0 radical (unpaired) electrons. The Balaban J connectivity index is 1.31. The van der Waals surface area contributed by atoms with Crippen molar-refractivity contribution in [1.29, 1.82) is 0 Å². The Morgan fingerprint density at radius 2 is 2.00 bits per heavy atom. The second-order valence-corrected chi connectivity index (χ2v) is 7.84. The molecule has 1 aromatic heterocycles. The van der Waals surface area contributed by atoms with Gasteiger partial charge in [0.05, 0.1) is 0 Å². The zero-order chi connectivity index (χ0) is 18.6. The summed E-state index contributed by atoms with van der Waals surface area (Å²) in [7, 11) is 0. The molecule has 6 heteroatoms. The molecule has 1 atom stereocenters. The normalized spacial score (nSPS) is 21.4. The SMILES string of the molecule is Cc1noc(CC2CCN(C(=O)c3ccc(C4CCCNC4)cc3)CC2)n1. The van der Waals surface area contributed by atoms with Gasteiger partial charge in [-0.1, -0.05) is 17.3 Å². The van der Waals surface area contributed by atoms with Gasteiger partial charge in [0, 0.05) is 31.6 Å². The van der Waals surface area contributed by atoms with Gasteiger partial charge in [-0.25, -0.2) is 0 Å². The van der Waals surface area contributed by atoms with E-state index in [2.05, 4.69) is 27.6 Å². The lowest BCUT2D eigenvalue weighted by molar-refractivity contribution is 0.0687. The Hall–Kier alpha value is -2.21. The molecule has 0 spiro atoms. The first kappa shape index (κ1) is 18.2. The number of benzene rings is 1. The summed E-state index contributed by atoms with van der Waals surface area (Å²) >= 11 is 0. The van der Waals surface area contributed by atoms with E-state index < -0.39 is 0 Å². The van der Waals surface area contributed by atoms with Crippen molar-refractivity contribution in [2.75, 3.05) is 26.2 Å². The maximum Gasteiger partial charge on any atom is 0.253 e. The monoisotopic (exact) mass is 368 g/mol. The summed E-state index contributed by atoms with van der Waals surface area (Å²) in [4.78, 5) is 19.1. The smallest absolute Gasteiger partial charge is 0.253 e. The molecule has 2 aliphatic rings. The van der Waals surface area contributed by atoms with Crippen molar-refractivity contribution in [1.82, 2.24) is 20.4 Å². The van der Waals surface area contributed by atoms with Crippen molar-refractivity contribution in [3.8, 4) is 0 Å². The van der Waals surface area contributed by atoms with Gasteiger partial charge < -0.3 is 14.7 Å². The molecule has 1 amide bonds. The number of hydrogen-bond acceptors (Lipinski definition) is 5. The average molecular weight is 368 g/mol. The Morgan fingerprint density at radius 1 is 1.22 bits per heavy atom. The zero-order valence-corrected chi connectivity index (χ0v) is 16.0. The minimum atomic E-state index is 0.149. The number of piperidine rings is 2. The Labute approximate surface area is 160 Å². The van der Waals surface area contributed by atoms with E-state index >= 15 is 0 Å². The van der Waals surface area contributed by atoms with Crippen LogP contribution in [0.2, 0.25) is 0 Å². The topological polar surface area (TPSA) is 71.3 Å². The third-order valence-electron chi connectivity index (χ3n) is 5.86. The number of carbonyl (C=O) groups excluding carboxylic acids is 1. The number of hydrogen-bond donors (Lipinski definition) is 1. The van der Waals surface area contributed by atoms with Crippen LogP contribution < -0.4 is 5.32 Å². The molecule has 3 heterocycles. The molecular formula is C21H28N4O2. The van der Waals surface area contributed by atoms with Crippen LogP contribution in [-0.2, 0) is 6.42 Å². The summed E-state index contributed by atoms with van der Waals surface area (Å²) in [6.07, 6.45) is 5.24. The summed E-state index contributed by atoms with van der Waals surface area (Å²) in [6.45, 7) is 5.59. The van der Waals surface area contributed by atoms with Crippen LogP contribution in [0.1, 0.15) is 59.2 Å².